The largest absolute Gasteiger partial charge is 0.494 e. The third kappa shape index (κ3) is 6.31. The molecular formula is C23H26N4O5. The molecule has 0 spiro atoms. The van der Waals surface area contributed by atoms with Gasteiger partial charge in [0.25, 0.3) is 5.91 Å². The number of ether oxygens (including phenoxy) is 3. The lowest BCUT2D eigenvalue weighted by molar-refractivity contribution is -0.124. The maximum atomic E-state index is 12.2. The number of nitrogens with one attached hydrogen (secondary N) is 1. The normalized spacial score (nSPS) is 10.5. The SMILES string of the molecule is CCOc1ccc(OCCNC(=O)COC(=O)c2ccc(-n3nc(C)cc3C)nc2)cc1. The predicted molar refractivity (Wildman–Crippen MR) is 117 cm³/mol. The molecule has 0 saturated heterocycles. The Labute approximate surface area is 186 Å². The minimum atomic E-state index is -0.627. The van der Waals surface area contributed by atoms with Crippen molar-refractivity contribution in [2.75, 3.05) is 26.4 Å². The number of nitrogens with zero attached hydrogens (tertiary/aromatic N) is 3. The lowest BCUT2D eigenvalue weighted by atomic mass is 10.3. The van der Waals surface area contributed by atoms with Crippen molar-refractivity contribution in [1.29, 1.82) is 0 Å². The second-order valence-electron chi connectivity index (χ2n) is 6.92. The highest BCUT2D eigenvalue weighted by atomic mass is 16.5. The maximum absolute atomic E-state index is 12.2. The number of pyridine rings is 1. The van der Waals surface area contributed by atoms with Crippen LogP contribution in [0.25, 0.3) is 5.82 Å². The van der Waals surface area contributed by atoms with Crippen molar-refractivity contribution in [3.63, 3.8) is 0 Å². The molecule has 1 amide bonds. The molecule has 0 aliphatic carbocycles. The highest BCUT2D eigenvalue weighted by molar-refractivity contribution is 5.91. The van der Waals surface area contributed by atoms with E-state index in [0.717, 1.165) is 17.1 Å². The average Bonchev–Trinajstić information content (AvgIpc) is 3.14. The van der Waals surface area contributed by atoms with Crippen LogP contribution in [0.5, 0.6) is 11.5 Å². The van der Waals surface area contributed by atoms with E-state index in [1.807, 2.05) is 39.0 Å². The number of rotatable bonds is 10. The molecule has 2 aromatic heterocycles. The van der Waals surface area contributed by atoms with Crippen molar-refractivity contribution in [1.82, 2.24) is 20.1 Å². The van der Waals surface area contributed by atoms with E-state index in [2.05, 4.69) is 15.4 Å². The van der Waals surface area contributed by atoms with Crippen LogP contribution in [0.3, 0.4) is 0 Å². The van der Waals surface area contributed by atoms with Gasteiger partial charge in [0.15, 0.2) is 12.4 Å². The number of aromatic nitrogens is 3. The van der Waals surface area contributed by atoms with Crippen molar-refractivity contribution in [2.45, 2.75) is 20.8 Å². The monoisotopic (exact) mass is 438 g/mol. The number of hydrogen-bond acceptors (Lipinski definition) is 7. The van der Waals surface area contributed by atoms with Crippen LogP contribution in [0.2, 0.25) is 0 Å². The molecule has 0 radical (unpaired) electrons. The third-order valence-electron chi connectivity index (χ3n) is 4.37. The van der Waals surface area contributed by atoms with Crippen LogP contribution in [-0.2, 0) is 9.53 Å². The number of hydrogen-bond donors (Lipinski definition) is 1. The maximum Gasteiger partial charge on any atom is 0.340 e. The van der Waals surface area contributed by atoms with Crippen LogP contribution in [-0.4, -0.2) is 53.0 Å². The molecule has 2 heterocycles. The second kappa shape index (κ2) is 10.9. The summed E-state index contributed by atoms with van der Waals surface area (Å²) in [7, 11) is 0. The van der Waals surface area contributed by atoms with Crippen molar-refractivity contribution in [3.05, 3.63) is 65.6 Å². The van der Waals surface area contributed by atoms with E-state index in [-0.39, 0.29) is 25.3 Å². The van der Waals surface area contributed by atoms with Gasteiger partial charge >= 0.3 is 5.97 Å². The molecule has 9 nitrogen and oxygen atoms in total. The lowest BCUT2D eigenvalue weighted by Crippen LogP contribution is -2.32. The Morgan fingerprint density at radius 2 is 1.75 bits per heavy atom. The van der Waals surface area contributed by atoms with Gasteiger partial charge in [0.1, 0.15) is 18.1 Å². The van der Waals surface area contributed by atoms with Crippen LogP contribution in [0.4, 0.5) is 0 Å². The van der Waals surface area contributed by atoms with Crippen molar-refractivity contribution >= 4 is 11.9 Å². The van der Waals surface area contributed by atoms with Gasteiger partial charge < -0.3 is 19.5 Å². The van der Waals surface area contributed by atoms with Crippen LogP contribution in [0.15, 0.2) is 48.7 Å². The number of aryl methyl sites for hydroxylation is 2. The van der Waals surface area contributed by atoms with E-state index in [1.54, 1.807) is 28.9 Å². The summed E-state index contributed by atoms with van der Waals surface area (Å²) >= 11 is 0. The number of benzene rings is 1. The Hall–Kier alpha value is -3.88. The average molecular weight is 438 g/mol. The summed E-state index contributed by atoms with van der Waals surface area (Å²) in [5.41, 5.74) is 2.07. The summed E-state index contributed by atoms with van der Waals surface area (Å²) in [4.78, 5) is 28.3. The zero-order valence-corrected chi connectivity index (χ0v) is 18.3. The van der Waals surface area contributed by atoms with Gasteiger partial charge in [-0.2, -0.15) is 5.10 Å². The number of carbonyl (C=O) groups is 2. The number of carbonyl (C=O) groups excluding carboxylic acids is 2. The van der Waals surface area contributed by atoms with Crippen LogP contribution >= 0.6 is 0 Å². The first-order valence-electron chi connectivity index (χ1n) is 10.3. The standard InChI is InChI=1S/C23H26N4O5/c1-4-30-19-6-8-20(9-7-19)31-12-11-24-22(28)15-32-23(29)18-5-10-21(25-14-18)27-17(3)13-16(2)26-27/h5-10,13-14H,4,11-12,15H2,1-3H3,(H,24,28). The Morgan fingerprint density at radius 1 is 1.03 bits per heavy atom. The van der Waals surface area contributed by atoms with Gasteiger partial charge in [0.2, 0.25) is 0 Å². The minimum Gasteiger partial charge on any atom is -0.494 e. The third-order valence-corrected chi connectivity index (χ3v) is 4.37. The molecule has 0 aliphatic heterocycles. The van der Waals surface area contributed by atoms with Crippen molar-refractivity contribution in [2.24, 2.45) is 0 Å². The molecule has 0 saturated carbocycles. The first-order chi connectivity index (χ1) is 15.5. The summed E-state index contributed by atoms with van der Waals surface area (Å²) in [6.45, 7) is 6.51. The summed E-state index contributed by atoms with van der Waals surface area (Å²) in [5, 5.41) is 6.99. The Kier molecular flexibility index (Phi) is 7.80. The fraction of sp³-hybridized carbons (Fsp3) is 0.304. The summed E-state index contributed by atoms with van der Waals surface area (Å²) in [6.07, 6.45) is 1.40. The van der Waals surface area contributed by atoms with Gasteiger partial charge in [-0.25, -0.2) is 14.5 Å². The Bertz CT molecular complexity index is 1050. The minimum absolute atomic E-state index is 0.252. The van der Waals surface area contributed by atoms with Crippen LogP contribution in [0, 0.1) is 13.8 Å². The molecular weight excluding hydrogens is 412 g/mol. The van der Waals surface area contributed by atoms with Crippen molar-refractivity contribution in [3.8, 4) is 17.3 Å². The Balaban J connectivity index is 1.38. The van der Waals surface area contributed by atoms with E-state index in [1.165, 1.54) is 6.20 Å². The summed E-state index contributed by atoms with van der Waals surface area (Å²) < 4.78 is 17.6. The fourth-order valence-corrected chi connectivity index (χ4v) is 2.92. The van der Waals surface area contributed by atoms with Gasteiger partial charge in [0, 0.05) is 11.9 Å². The van der Waals surface area contributed by atoms with E-state index in [9.17, 15) is 9.59 Å². The first kappa shape index (κ1) is 22.8. The van der Waals surface area contributed by atoms with Gasteiger partial charge in [-0.3, -0.25) is 4.79 Å². The highest BCUT2D eigenvalue weighted by Gasteiger charge is 2.12. The quantitative estimate of drug-likeness (QED) is 0.383. The fourth-order valence-electron chi connectivity index (χ4n) is 2.92. The van der Waals surface area contributed by atoms with Crippen molar-refractivity contribution < 1.29 is 23.8 Å². The number of amides is 1. The van der Waals surface area contributed by atoms with E-state index in [0.29, 0.717) is 18.2 Å². The smallest absolute Gasteiger partial charge is 0.340 e. The van der Waals surface area contributed by atoms with Gasteiger partial charge in [-0.05, 0) is 63.2 Å². The molecule has 32 heavy (non-hydrogen) atoms. The van der Waals surface area contributed by atoms with Crippen LogP contribution in [0.1, 0.15) is 28.7 Å². The topological polar surface area (TPSA) is 105 Å². The first-order valence-corrected chi connectivity index (χ1v) is 10.3. The van der Waals surface area contributed by atoms with Gasteiger partial charge in [0.05, 0.1) is 24.4 Å². The number of esters is 1. The molecule has 0 bridgehead atoms. The summed E-state index contributed by atoms with van der Waals surface area (Å²) in [6, 6.07) is 12.4. The molecule has 3 rings (SSSR count). The molecule has 1 aromatic carbocycles. The molecule has 9 heteroatoms. The van der Waals surface area contributed by atoms with Gasteiger partial charge in [-0.15, -0.1) is 0 Å². The van der Waals surface area contributed by atoms with Gasteiger partial charge in [-0.1, -0.05) is 0 Å². The Morgan fingerprint density at radius 3 is 2.34 bits per heavy atom. The summed E-state index contributed by atoms with van der Waals surface area (Å²) in [5.74, 6) is 0.994. The predicted octanol–water partition coefficient (Wildman–Crippen LogP) is 2.63. The van der Waals surface area contributed by atoms with E-state index in [4.69, 9.17) is 14.2 Å². The highest BCUT2D eigenvalue weighted by Crippen LogP contribution is 2.17. The molecule has 0 fully saturated rings. The second-order valence-corrected chi connectivity index (χ2v) is 6.92. The lowest BCUT2D eigenvalue weighted by Gasteiger charge is -2.09. The molecule has 168 valence electrons. The molecule has 0 atom stereocenters. The zero-order valence-electron chi connectivity index (χ0n) is 18.3. The van der Waals surface area contributed by atoms with E-state index >= 15 is 0 Å². The molecule has 1 N–H and O–H groups in total. The van der Waals surface area contributed by atoms with Crippen LogP contribution < -0.4 is 14.8 Å². The molecule has 0 unspecified atom stereocenters. The molecule has 3 aromatic rings. The van der Waals surface area contributed by atoms with E-state index < -0.39 is 11.9 Å². The molecule has 0 aliphatic rings. The zero-order chi connectivity index (χ0) is 22.9.